The normalized spacial score (nSPS) is 11.2. The minimum Gasteiger partial charge on any atom is -0.497 e. The summed E-state index contributed by atoms with van der Waals surface area (Å²) in [5.74, 6) is -0.219. The molecule has 0 radical (unpaired) electrons. The third kappa shape index (κ3) is 3.29. The van der Waals surface area contributed by atoms with Gasteiger partial charge in [-0.3, -0.25) is 4.72 Å². The smallest absolute Gasteiger partial charge is 0.264 e. The molecular formula is C13H11BrFNO3S. The first-order chi connectivity index (χ1) is 9.42. The Morgan fingerprint density at radius 1 is 1.15 bits per heavy atom. The van der Waals surface area contributed by atoms with E-state index in [0.717, 1.165) is 6.07 Å². The highest BCUT2D eigenvalue weighted by molar-refractivity contribution is 9.10. The zero-order valence-corrected chi connectivity index (χ0v) is 12.8. The molecule has 0 spiro atoms. The first kappa shape index (κ1) is 14.8. The van der Waals surface area contributed by atoms with Gasteiger partial charge in [-0.15, -0.1) is 0 Å². The molecule has 0 unspecified atom stereocenters. The summed E-state index contributed by atoms with van der Waals surface area (Å²) < 4.78 is 45.6. The molecule has 0 aromatic heterocycles. The number of anilines is 1. The summed E-state index contributed by atoms with van der Waals surface area (Å²) in [6.07, 6.45) is 0. The van der Waals surface area contributed by atoms with Gasteiger partial charge in [-0.25, -0.2) is 12.8 Å². The zero-order chi connectivity index (χ0) is 14.8. The highest BCUT2D eigenvalue weighted by Gasteiger charge is 2.19. The van der Waals surface area contributed by atoms with Crippen LogP contribution in [0.3, 0.4) is 0 Å². The van der Waals surface area contributed by atoms with Gasteiger partial charge in [0.2, 0.25) is 0 Å². The van der Waals surface area contributed by atoms with Gasteiger partial charge in [0.1, 0.15) is 16.5 Å². The minimum absolute atomic E-state index is 0.327. The van der Waals surface area contributed by atoms with E-state index in [-0.39, 0.29) is 0 Å². The predicted octanol–water partition coefficient (Wildman–Crippen LogP) is 3.40. The predicted molar refractivity (Wildman–Crippen MR) is 77.9 cm³/mol. The summed E-state index contributed by atoms with van der Waals surface area (Å²) in [5, 5.41) is 0. The number of rotatable bonds is 4. The lowest BCUT2D eigenvalue weighted by Crippen LogP contribution is -2.14. The Kier molecular flexibility index (Phi) is 4.29. The average Bonchev–Trinajstić information content (AvgIpc) is 2.38. The third-order valence-electron chi connectivity index (χ3n) is 2.53. The molecule has 0 atom stereocenters. The van der Waals surface area contributed by atoms with Gasteiger partial charge in [0.15, 0.2) is 0 Å². The van der Waals surface area contributed by atoms with E-state index in [0.29, 0.717) is 15.9 Å². The van der Waals surface area contributed by atoms with Gasteiger partial charge < -0.3 is 4.74 Å². The Bertz CT molecular complexity index is 717. The van der Waals surface area contributed by atoms with Crippen LogP contribution in [-0.2, 0) is 10.0 Å². The van der Waals surface area contributed by atoms with Crippen LogP contribution in [0.5, 0.6) is 5.75 Å². The maximum Gasteiger partial charge on any atom is 0.264 e. The van der Waals surface area contributed by atoms with Crippen molar-refractivity contribution in [2.45, 2.75) is 4.90 Å². The Hall–Kier alpha value is -1.60. The Balaban J connectivity index is 2.30. The molecule has 2 aromatic carbocycles. The van der Waals surface area contributed by atoms with E-state index in [1.54, 1.807) is 12.1 Å². The Labute approximate surface area is 124 Å². The van der Waals surface area contributed by atoms with E-state index < -0.39 is 20.7 Å². The van der Waals surface area contributed by atoms with E-state index >= 15 is 0 Å². The van der Waals surface area contributed by atoms with E-state index in [1.165, 1.54) is 31.4 Å². The van der Waals surface area contributed by atoms with E-state index in [1.807, 2.05) is 0 Å². The average molecular weight is 360 g/mol. The number of halogens is 2. The van der Waals surface area contributed by atoms with Crippen LogP contribution in [0.2, 0.25) is 0 Å². The first-order valence-corrected chi connectivity index (χ1v) is 7.82. The summed E-state index contributed by atoms with van der Waals surface area (Å²) in [6.45, 7) is 0. The number of methoxy groups -OCH3 is 1. The van der Waals surface area contributed by atoms with E-state index in [2.05, 4.69) is 20.7 Å². The van der Waals surface area contributed by atoms with Crippen LogP contribution >= 0.6 is 15.9 Å². The van der Waals surface area contributed by atoms with Crippen LogP contribution in [0.4, 0.5) is 10.1 Å². The Morgan fingerprint density at radius 3 is 2.35 bits per heavy atom. The SMILES string of the molecule is COc1ccc(NS(=O)(=O)c2ccc(Br)cc2F)cc1. The van der Waals surface area contributed by atoms with Crippen molar-refractivity contribution in [3.05, 3.63) is 52.8 Å². The molecule has 4 nitrogen and oxygen atoms in total. The summed E-state index contributed by atoms with van der Waals surface area (Å²) in [4.78, 5) is -0.406. The van der Waals surface area contributed by atoms with Gasteiger partial charge in [0.25, 0.3) is 10.0 Å². The van der Waals surface area contributed by atoms with E-state index in [4.69, 9.17) is 4.74 Å². The van der Waals surface area contributed by atoms with Crippen LogP contribution in [0.15, 0.2) is 51.8 Å². The van der Waals surface area contributed by atoms with Crippen molar-refractivity contribution in [3.8, 4) is 5.75 Å². The number of sulfonamides is 1. The molecule has 20 heavy (non-hydrogen) atoms. The lowest BCUT2D eigenvalue weighted by Gasteiger charge is -2.09. The van der Waals surface area contributed by atoms with Crippen molar-refractivity contribution in [3.63, 3.8) is 0 Å². The number of nitrogens with one attached hydrogen (secondary N) is 1. The number of hydrogen-bond donors (Lipinski definition) is 1. The molecule has 0 amide bonds. The second kappa shape index (κ2) is 5.80. The molecule has 2 aromatic rings. The molecule has 0 bridgehead atoms. The zero-order valence-electron chi connectivity index (χ0n) is 10.4. The highest BCUT2D eigenvalue weighted by Crippen LogP contribution is 2.23. The van der Waals surface area contributed by atoms with Gasteiger partial charge in [-0.1, -0.05) is 15.9 Å². The molecule has 106 valence electrons. The van der Waals surface area contributed by atoms with Crippen LogP contribution in [0, 0.1) is 5.82 Å². The fourth-order valence-electron chi connectivity index (χ4n) is 1.56. The fourth-order valence-corrected chi connectivity index (χ4v) is 3.01. The number of ether oxygens (including phenoxy) is 1. The number of hydrogen-bond acceptors (Lipinski definition) is 3. The second-order valence-corrected chi connectivity index (χ2v) is 6.48. The molecular weight excluding hydrogens is 349 g/mol. The molecule has 0 heterocycles. The van der Waals surface area contributed by atoms with Crippen LogP contribution < -0.4 is 9.46 Å². The van der Waals surface area contributed by atoms with Crippen molar-refractivity contribution in [2.75, 3.05) is 11.8 Å². The second-order valence-electron chi connectivity index (χ2n) is 3.91. The van der Waals surface area contributed by atoms with Gasteiger partial charge in [0, 0.05) is 10.2 Å². The largest absolute Gasteiger partial charge is 0.497 e. The topological polar surface area (TPSA) is 55.4 Å². The standard InChI is InChI=1S/C13H11BrFNO3S/c1-19-11-5-3-10(4-6-11)16-20(17,18)13-7-2-9(14)8-12(13)15/h2-8,16H,1H3. The maximum atomic E-state index is 13.7. The summed E-state index contributed by atoms with van der Waals surface area (Å²) in [7, 11) is -2.46. The van der Waals surface area contributed by atoms with Crippen molar-refractivity contribution in [1.29, 1.82) is 0 Å². The third-order valence-corrected chi connectivity index (χ3v) is 4.43. The number of benzene rings is 2. The molecule has 0 fully saturated rings. The fraction of sp³-hybridized carbons (Fsp3) is 0.0769. The minimum atomic E-state index is -3.97. The lowest BCUT2D eigenvalue weighted by molar-refractivity contribution is 0.415. The quantitative estimate of drug-likeness (QED) is 0.909. The van der Waals surface area contributed by atoms with Crippen molar-refractivity contribution < 1.29 is 17.5 Å². The van der Waals surface area contributed by atoms with Crippen molar-refractivity contribution in [2.24, 2.45) is 0 Å². The van der Waals surface area contributed by atoms with E-state index in [9.17, 15) is 12.8 Å². The lowest BCUT2D eigenvalue weighted by atomic mass is 10.3. The van der Waals surface area contributed by atoms with Gasteiger partial charge in [-0.05, 0) is 42.5 Å². The van der Waals surface area contributed by atoms with Crippen molar-refractivity contribution in [1.82, 2.24) is 0 Å². The molecule has 1 N–H and O–H groups in total. The summed E-state index contributed by atoms with van der Waals surface area (Å²) >= 11 is 3.08. The van der Waals surface area contributed by atoms with Crippen LogP contribution in [-0.4, -0.2) is 15.5 Å². The maximum absolute atomic E-state index is 13.7. The summed E-state index contributed by atoms with van der Waals surface area (Å²) in [5.41, 5.74) is 0.327. The molecule has 0 saturated heterocycles. The molecule has 0 aliphatic carbocycles. The monoisotopic (exact) mass is 359 g/mol. The molecule has 0 aliphatic heterocycles. The first-order valence-electron chi connectivity index (χ1n) is 5.54. The van der Waals surface area contributed by atoms with Crippen molar-refractivity contribution >= 4 is 31.6 Å². The molecule has 0 aliphatic rings. The molecule has 7 heteroatoms. The van der Waals surface area contributed by atoms with Crippen LogP contribution in [0.25, 0.3) is 0 Å². The van der Waals surface area contributed by atoms with Crippen LogP contribution in [0.1, 0.15) is 0 Å². The van der Waals surface area contributed by atoms with Gasteiger partial charge in [0.05, 0.1) is 7.11 Å². The molecule has 0 saturated carbocycles. The molecule has 2 rings (SSSR count). The highest BCUT2D eigenvalue weighted by atomic mass is 79.9. The van der Waals surface area contributed by atoms with Gasteiger partial charge >= 0.3 is 0 Å². The van der Waals surface area contributed by atoms with Gasteiger partial charge in [-0.2, -0.15) is 0 Å². The Morgan fingerprint density at radius 2 is 1.80 bits per heavy atom. The summed E-state index contributed by atoms with van der Waals surface area (Å²) in [6, 6.07) is 10.0.